The number of carbonyl (C=O) groups excluding carboxylic acids is 3. The molecule has 29 heavy (non-hydrogen) atoms. The predicted octanol–water partition coefficient (Wildman–Crippen LogP) is 2.27. The molecule has 0 aliphatic carbocycles. The monoisotopic (exact) mass is 400 g/mol. The molecule has 0 bridgehead atoms. The highest BCUT2D eigenvalue weighted by atomic mass is 16.6. The van der Waals surface area contributed by atoms with Gasteiger partial charge >= 0.3 is 12.0 Å². The van der Waals surface area contributed by atoms with E-state index in [4.69, 9.17) is 9.26 Å². The summed E-state index contributed by atoms with van der Waals surface area (Å²) in [5, 5.41) is 6.57. The summed E-state index contributed by atoms with van der Waals surface area (Å²) in [5.74, 6) is -0.592. The molecule has 1 aromatic heterocycles. The second-order valence-corrected chi connectivity index (χ2v) is 7.87. The highest BCUT2D eigenvalue weighted by molar-refractivity contribution is 6.09. The summed E-state index contributed by atoms with van der Waals surface area (Å²) in [6.07, 6.45) is 0.352. The molecule has 1 aromatic carbocycles. The maximum atomic E-state index is 13.0. The van der Waals surface area contributed by atoms with Crippen LogP contribution in [0.4, 0.5) is 4.79 Å². The Hall–Kier alpha value is -3.23. The Morgan fingerprint density at radius 2 is 1.93 bits per heavy atom. The molecule has 2 heterocycles. The second kappa shape index (κ2) is 7.65. The molecule has 1 aliphatic heterocycles. The van der Waals surface area contributed by atoms with Gasteiger partial charge in [-0.2, -0.15) is 4.98 Å². The summed E-state index contributed by atoms with van der Waals surface area (Å²) in [4.78, 5) is 42.6. The zero-order valence-electron chi connectivity index (χ0n) is 16.9. The van der Waals surface area contributed by atoms with Gasteiger partial charge in [0.25, 0.3) is 11.8 Å². The topological polar surface area (TPSA) is 115 Å². The number of rotatable bonds is 6. The fourth-order valence-electron chi connectivity index (χ4n) is 3.07. The first-order chi connectivity index (χ1) is 13.7. The number of nitrogens with zero attached hydrogens (tertiary/aromatic N) is 3. The molecule has 3 amide bonds. The van der Waals surface area contributed by atoms with E-state index in [0.717, 1.165) is 4.90 Å². The number of benzene rings is 1. The van der Waals surface area contributed by atoms with Gasteiger partial charge in [0.15, 0.2) is 12.4 Å². The van der Waals surface area contributed by atoms with Crippen molar-refractivity contribution in [3.63, 3.8) is 0 Å². The quantitative estimate of drug-likeness (QED) is 0.584. The first-order valence-electron chi connectivity index (χ1n) is 9.35. The number of aromatic nitrogens is 2. The van der Waals surface area contributed by atoms with Crippen molar-refractivity contribution in [2.24, 2.45) is 0 Å². The molecule has 0 radical (unpaired) electrons. The molecule has 1 fully saturated rings. The van der Waals surface area contributed by atoms with Gasteiger partial charge in [0.2, 0.25) is 0 Å². The van der Waals surface area contributed by atoms with Crippen LogP contribution in [0.5, 0.6) is 0 Å². The molecule has 9 heteroatoms. The largest absolute Gasteiger partial charge is 0.454 e. The van der Waals surface area contributed by atoms with Crippen molar-refractivity contribution in [2.45, 2.75) is 51.7 Å². The lowest BCUT2D eigenvalue weighted by Gasteiger charge is -2.25. The van der Waals surface area contributed by atoms with Gasteiger partial charge in [0.1, 0.15) is 12.1 Å². The van der Waals surface area contributed by atoms with Gasteiger partial charge in [-0.3, -0.25) is 14.5 Å². The fraction of sp³-hybridized carbons (Fsp3) is 0.450. The Morgan fingerprint density at radius 3 is 2.52 bits per heavy atom. The Morgan fingerprint density at radius 1 is 1.24 bits per heavy atom. The minimum absolute atomic E-state index is 0.146. The molecule has 1 atom stereocenters. The van der Waals surface area contributed by atoms with Crippen molar-refractivity contribution in [2.75, 3.05) is 6.54 Å². The summed E-state index contributed by atoms with van der Waals surface area (Å²) >= 11 is 0. The molecule has 1 saturated heterocycles. The number of ether oxygens (including phenoxy) is 1. The Balaban J connectivity index is 1.65. The van der Waals surface area contributed by atoms with E-state index in [2.05, 4.69) is 15.5 Å². The third kappa shape index (κ3) is 3.98. The maximum Gasteiger partial charge on any atom is 0.326 e. The first kappa shape index (κ1) is 20.5. The van der Waals surface area contributed by atoms with Crippen molar-refractivity contribution < 1.29 is 23.6 Å². The maximum absolute atomic E-state index is 13.0. The summed E-state index contributed by atoms with van der Waals surface area (Å²) in [7, 11) is 0. The van der Waals surface area contributed by atoms with Crippen molar-refractivity contribution in [3.05, 3.63) is 47.6 Å². The first-order valence-corrected chi connectivity index (χ1v) is 9.35. The number of esters is 1. The number of imide groups is 1. The molecule has 9 nitrogen and oxygen atoms in total. The summed E-state index contributed by atoms with van der Waals surface area (Å²) in [5.41, 5.74) is -0.822. The van der Waals surface area contributed by atoms with Crippen LogP contribution in [0.25, 0.3) is 0 Å². The Labute approximate surface area is 168 Å². The number of urea groups is 1. The normalized spacial score (nSPS) is 19.4. The van der Waals surface area contributed by atoms with Crippen molar-refractivity contribution in [3.8, 4) is 0 Å². The molecule has 0 saturated carbocycles. The van der Waals surface area contributed by atoms with Gasteiger partial charge in [-0.05, 0) is 12.0 Å². The van der Waals surface area contributed by atoms with Crippen LogP contribution in [0, 0.1) is 0 Å². The van der Waals surface area contributed by atoms with Gasteiger partial charge in [0.05, 0.1) is 0 Å². The number of carbonyl (C=O) groups is 3. The third-order valence-electron chi connectivity index (χ3n) is 4.76. The lowest BCUT2D eigenvalue weighted by Crippen LogP contribution is -2.43. The van der Waals surface area contributed by atoms with E-state index in [1.165, 1.54) is 0 Å². The Bertz CT molecular complexity index is 918. The summed E-state index contributed by atoms with van der Waals surface area (Å²) in [6, 6.07) is 8.31. The molecule has 1 N–H and O–H groups in total. The van der Waals surface area contributed by atoms with E-state index in [-0.39, 0.29) is 17.9 Å². The van der Waals surface area contributed by atoms with Crippen LogP contribution in [0.2, 0.25) is 0 Å². The molecule has 3 rings (SSSR count). The number of nitrogens with one attached hydrogen (secondary N) is 1. The van der Waals surface area contributed by atoms with Gasteiger partial charge in [-0.1, -0.05) is 63.2 Å². The van der Waals surface area contributed by atoms with E-state index in [0.29, 0.717) is 17.8 Å². The number of hydrogen-bond acceptors (Lipinski definition) is 7. The van der Waals surface area contributed by atoms with E-state index in [1.54, 1.807) is 31.2 Å². The summed E-state index contributed by atoms with van der Waals surface area (Å²) in [6.45, 7) is 6.85. The molecular formula is C20H24N4O5. The highest BCUT2D eigenvalue weighted by Gasteiger charge is 2.51. The van der Waals surface area contributed by atoms with E-state index in [9.17, 15) is 14.4 Å². The van der Waals surface area contributed by atoms with Crippen LogP contribution in [-0.4, -0.2) is 39.5 Å². The second-order valence-electron chi connectivity index (χ2n) is 7.87. The van der Waals surface area contributed by atoms with Crippen molar-refractivity contribution in [1.82, 2.24) is 20.4 Å². The summed E-state index contributed by atoms with van der Waals surface area (Å²) < 4.78 is 10.2. The minimum Gasteiger partial charge on any atom is -0.454 e. The smallest absolute Gasteiger partial charge is 0.326 e. The molecule has 0 spiro atoms. The molecule has 1 aliphatic rings. The van der Waals surface area contributed by atoms with E-state index in [1.807, 2.05) is 26.8 Å². The SMILES string of the molecule is CCC1(c2ccccc2)NC(=O)N(CC(=O)OCc2nc(C(C)(C)C)no2)C1=O. The average Bonchev–Trinajstić information content (AvgIpc) is 3.26. The van der Waals surface area contributed by atoms with Gasteiger partial charge in [-0.15, -0.1) is 0 Å². The third-order valence-corrected chi connectivity index (χ3v) is 4.76. The fourth-order valence-corrected chi connectivity index (χ4v) is 3.07. The zero-order chi connectivity index (χ0) is 21.2. The number of amides is 3. The van der Waals surface area contributed by atoms with Gasteiger partial charge in [-0.25, -0.2) is 4.79 Å². The molecular weight excluding hydrogens is 376 g/mol. The zero-order valence-corrected chi connectivity index (χ0v) is 16.9. The van der Waals surface area contributed by atoms with Crippen molar-refractivity contribution >= 4 is 17.9 Å². The van der Waals surface area contributed by atoms with Crippen LogP contribution in [-0.2, 0) is 31.9 Å². The average molecular weight is 400 g/mol. The minimum atomic E-state index is -1.19. The lowest BCUT2D eigenvalue weighted by atomic mass is 9.87. The lowest BCUT2D eigenvalue weighted by molar-refractivity contribution is -0.149. The van der Waals surface area contributed by atoms with Crippen LogP contribution in [0.3, 0.4) is 0 Å². The van der Waals surface area contributed by atoms with Crippen LogP contribution < -0.4 is 5.32 Å². The molecule has 1 unspecified atom stereocenters. The molecule has 2 aromatic rings. The van der Waals surface area contributed by atoms with Gasteiger partial charge < -0.3 is 14.6 Å². The van der Waals surface area contributed by atoms with Crippen LogP contribution >= 0.6 is 0 Å². The predicted molar refractivity (Wildman–Crippen MR) is 101 cm³/mol. The van der Waals surface area contributed by atoms with E-state index >= 15 is 0 Å². The molecule has 154 valence electrons. The van der Waals surface area contributed by atoms with Gasteiger partial charge in [0, 0.05) is 5.41 Å². The van der Waals surface area contributed by atoms with E-state index < -0.39 is 30.0 Å². The Kier molecular flexibility index (Phi) is 5.41. The standard InChI is InChI=1S/C20H24N4O5/c1-5-20(13-9-7-6-8-10-13)17(26)24(18(27)22-20)11-15(25)28-12-14-21-16(23-29-14)19(2,3)4/h6-10H,5,11-12H2,1-4H3,(H,22,27). The van der Waals surface area contributed by atoms with Crippen molar-refractivity contribution in [1.29, 1.82) is 0 Å². The van der Waals surface area contributed by atoms with Crippen LogP contribution in [0.15, 0.2) is 34.9 Å². The highest BCUT2D eigenvalue weighted by Crippen LogP contribution is 2.32. The number of hydrogen-bond donors (Lipinski definition) is 1. The van der Waals surface area contributed by atoms with Crippen LogP contribution in [0.1, 0.15) is 51.4 Å².